The lowest BCUT2D eigenvalue weighted by Gasteiger charge is -2.24. The molecule has 1 saturated heterocycles. The predicted octanol–water partition coefficient (Wildman–Crippen LogP) is 0.628. The van der Waals surface area contributed by atoms with Gasteiger partial charge in [-0.15, -0.1) is 0 Å². The van der Waals surface area contributed by atoms with Crippen molar-refractivity contribution in [2.24, 2.45) is 0 Å². The Morgan fingerprint density at radius 3 is 2.78 bits per heavy atom. The van der Waals surface area contributed by atoms with E-state index in [1.165, 1.54) is 32.1 Å². The average Bonchev–Trinajstić information content (AvgIpc) is 2.78. The lowest BCUT2D eigenvalue weighted by molar-refractivity contribution is -0.120. The molecule has 0 radical (unpaired) electrons. The van der Waals surface area contributed by atoms with E-state index < -0.39 is 5.54 Å². The fourth-order valence-electron chi connectivity index (χ4n) is 2.80. The minimum atomic E-state index is -0.943. The van der Waals surface area contributed by atoms with Gasteiger partial charge < -0.3 is 0 Å². The smallest absolute Gasteiger partial charge is 0.168 e. The Hall–Kier alpha value is -0.960. The van der Waals surface area contributed by atoms with E-state index in [2.05, 4.69) is 22.2 Å². The Balaban J connectivity index is 1.68. The van der Waals surface area contributed by atoms with Gasteiger partial charge in [-0.3, -0.25) is 21.0 Å². The lowest BCUT2D eigenvalue weighted by atomic mass is 9.94. The standard InChI is InChI=1S/C13H22N4O/c14-10-13(12(18)6-8-15-13)7-9-16-17-11-4-2-1-3-5-11/h11,15-17H,1-9H2. The number of carbonyl (C=O) groups is 1. The second-order valence-corrected chi connectivity index (χ2v) is 5.27. The van der Waals surface area contributed by atoms with Crippen LogP contribution < -0.4 is 16.2 Å². The van der Waals surface area contributed by atoms with Crippen LogP contribution in [0.4, 0.5) is 0 Å². The third-order valence-corrected chi connectivity index (χ3v) is 3.98. The lowest BCUT2D eigenvalue weighted by Crippen LogP contribution is -2.49. The second-order valence-electron chi connectivity index (χ2n) is 5.27. The fraction of sp³-hybridized carbons (Fsp3) is 0.846. The van der Waals surface area contributed by atoms with Crippen LogP contribution >= 0.6 is 0 Å². The van der Waals surface area contributed by atoms with Crippen molar-refractivity contribution in [2.75, 3.05) is 13.1 Å². The first-order valence-corrected chi connectivity index (χ1v) is 6.95. The Bertz CT molecular complexity index is 332. The number of Topliss-reactive ketones (excluding diaryl/α,β-unsaturated/α-hetero) is 1. The largest absolute Gasteiger partial charge is 0.296 e. The molecule has 0 aromatic rings. The number of ketones is 1. The minimum Gasteiger partial charge on any atom is -0.296 e. The van der Waals surface area contributed by atoms with Gasteiger partial charge in [0.15, 0.2) is 11.3 Å². The van der Waals surface area contributed by atoms with Crippen LogP contribution in [0.2, 0.25) is 0 Å². The molecule has 2 fully saturated rings. The van der Waals surface area contributed by atoms with Crippen LogP contribution in [0.5, 0.6) is 0 Å². The Morgan fingerprint density at radius 1 is 1.39 bits per heavy atom. The zero-order valence-electron chi connectivity index (χ0n) is 10.8. The monoisotopic (exact) mass is 250 g/mol. The van der Waals surface area contributed by atoms with Crippen molar-refractivity contribution in [3.05, 3.63) is 0 Å². The first-order chi connectivity index (χ1) is 8.77. The number of nitrogens with zero attached hydrogens (tertiary/aromatic N) is 1. The molecule has 5 heteroatoms. The summed E-state index contributed by atoms with van der Waals surface area (Å²) in [7, 11) is 0. The zero-order chi connectivity index (χ0) is 12.8. The molecule has 1 saturated carbocycles. The number of carbonyl (C=O) groups excluding carboxylic acids is 1. The average molecular weight is 250 g/mol. The van der Waals surface area contributed by atoms with Crippen LogP contribution in [-0.2, 0) is 4.79 Å². The fourth-order valence-corrected chi connectivity index (χ4v) is 2.80. The zero-order valence-corrected chi connectivity index (χ0v) is 10.8. The first-order valence-electron chi connectivity index (χ1n) is 6.95. The van der Waals surface area contributed by atoms with Gasteiger partial charge in [-0.05, 0) is 12.8 Å². The Labute approximate surface area is 108 Å². The molecule has 5 nitrogen and oxygen atoms in total. The maximum absolute atomic E-state index is 11.7. The van der Waals surface area contributed by atoms with Gasteiger partial charge in [0, 0.05) is 32.0 Å². The Kier molecular flexibility index (Phi) is 4.70. The summed E-state index contributed by atoms with van der Waals surface area (Å²) >= 11 is 0. The number of rotatable bonds is 5. The van der Waals surface area contributed by atoms with E-state index in [4.69, 9.17) is 5.26 Å². The molecule has 1 unspecified atom stereocenters. The molecule has 1 aliphatic carbocycles. The molecule has 2 rings (SSSR count). The SMILES string of the molecule is N#CC1(CCNNC2CCCCC2)NCCC1=O. The Morgan fingerprint density at radius 2 is 2.17 bits per heavy atom. The normalized spacial score (nSPS) is 29.4. The van der Waals surface area contributed by atoms with Crippen molar-refractivity contribution in [1.82, 2.24) is 16.2 Å². The van der Waals surface area contributed by atoms with Gasteiger partial charge in [0.25, 0.3) is 0 Å². The number of nitriles is 1. The number of hydrogen-bond donors (Lipinski definition) is 3. The van der Waals surface area contributed by atoms with Crippen molar-refractivity contribution in [2.45, 2.75) is 56.5 Å². The van der Waals surface area contributed by atoms with Crippen molar-refractivity contribution in [1.29, 1.82) is 5.26 Å². The summed E-state index contributed by atoms with van der Waals surface area (Å²) in [4.78, 5) is 11.7. The van der Waals surface area contributed by atoms with Crippen molar-refractivity contribution in [3.63, 3.8) is 0 Å². The molecule has 18 heavy (non-hydrogen) atoms. The molecule has 0 bridgehead atoms. The quantitative estimate of drug-likeness (QED) is 0.493. The van der Waals surface area contributed by atoms with Gasteiger partial charge in [0.2, 0.25) is 0 Å². The van der Waals surface area contributed by atoms with Crippen LogP contribution in [0, 0.1) is 11.3 Å². The molecule has 1 atom stereocenters. The highest BCUT2D eigenvalue weighted by Crippen LogP contribution is 2.18. The summed E-state index contributed by atoms with van der Waals surface area (Å²) in [6, 6.07) is 2.68. The van der Waals surface area contributed by atoms with Crippen LogP contribution in [0.25, 0.3) is 0 Å². The van der Waals surface area contributed by atoms with E-state index in [-0.39, 0.29) is 5.78 Å². The third kappa shape index (κ3) is 3.08. The summed E-state index contributed by atoms with van der Waals surface area (Å²) in [5.41, 5.74) is 5.53. The predicted molar refractivity (Wildman–Crippen MR) is 68.6 cm³/mol. The summed E-state index contributed by atoms with van der Waals surface area (Å²) in [5.74, 6) is 0.0319. The van der Waals surface area contributed by atoms with Crippen LogP contribution in [-0.4, -0.2) is 30.5 Å². The summed E-state index contributed by atoms with van der Waals surface area (Å²) < 4.78 is 0. The van der Waals surface area contributed by atoms with Gasteiger partial charge in [-0.1, -0.05) is 19.3 Å². The van der Waals surface area contributed by atoms with E-state index in [0.29, 0.717) is 32.0 Å². The molecular weight excluding hydrogens is 228 g/mol. The topological polar surface area (TPSA) is 77.0 Å². The molecule has 2 aliphatic rings. The van der Waals surface area contributed by atoms with Crippen molar-refractivity contribution < 1.29 is 4.79 Å². The van der Waals surface area contributed by atoms with Gasteiger partial charge >= 0.3 is 0 Å². The minimum absolute atomic E-state index is 0.0319. The molecule has 0 spiro atoms. The highest BCUT2D eigenvalue weighted by molar-refractivity contribution is 5.93. The van der Waals surface area contributed by atoms with E-state index in [1.54, 1.807) is 0 Å². The molecule has 1 aliphatic heterocycles. The van der Waals surface area contributed by atoms with Gasteiger partial charge in [-0.2, -0.15) is 5.26 Å². The van der Waals surface area contributed by atoms with Crippen molar-refractivity contribution in [3.8, 4) is 6.07 Å². The number of hydrazine groups is 1. The van der Waals surface area contributed by atoms with Crippen molar-refractivity contribution >= 4 is 5.78 Å². The maximum Gasteiger partial charge on any atom is 0.168 e. The second kappa shape index (κ2) is 6.28. The molecule has 0 aromatic carbocycles. The van der Waals surface area contributed by atoms with Gasteiger partial charge in [-0.25, -0.2) is 0 Å². The van der Waals surface area contributed by atoms with E-state index in [9.17, 15) is 4.79 Å². The first kappa shape index (κ1) is 13.5. The van der Waals surface area contributed by atoms with E-state index in [0.717, 1.165) is 0 Å². The van der Waals surface area contributed by atoms with Crippen LogP contribution in [0.1, 0.15) is 44.9 Å². The van der Waals surface area contributed by atoms with Crippen LogP contribution in [0.3, 0.4) is 0 Å². The maximum atomic E-state index is 11.7. The van der Waals surface area contributed by atoms with E-state index in [1.807, 2.05) is 0 Å². The summed E-state index contributed by atoms with van der Waals surface area (Å²) in [5, 5.41) is 12.2. The molecule has 100 valence electrons. The molecule has 0 aromatic heterocycles. The highest BCUT2D eigenvalue weighted by Gasteiger charge is 2.41. The number of nitrogens with one attached hydrogen (secondary N) is 3. The molecule has 0 amide bonds. The van der Waals surface area contributed by atoms with E-state index >= 15 is 0 Å². The van der Waals surface area contributed by atoms with Crippen LogP contribution in [0.15, 0.2) is 0 Å². The summed E-state index contributed by atoms with van der Waals surface area (Å²) in [6.45, 7) is 1.27. The molecular formula is C13H22N4O. The third-order valence-electron chi connectivity index (χ3n) is 3.98. The highest BCUT2D eigenvalue weighted by atomic mass is 16.1. The van der Waals surface area contributed by atoms with Gasteiger partial charge in [0.05, 0.1) is 6.07 Å². The summed E-state index contributed by atoms with van der Waals surface area (Å²) in [6.07, 6.45) is 7.37. The number of hydrogen-bond acceptors (Lipinski definition) is 5. The molecule has 3 N–H and O–H groups in total. The van der Waals surface area contributed by atoms with Gasteiger partial charge in [0.1, 0.15) is 0 Å². The molecule has 1 heterocycles.